The molecule has 0 spiro atoms. The monoisotopic (exact) mass is 582 g/mol. The summed E-state index contributed by atoms with van der Waals surface area (Å²) in [4.78, 5) is 54.5. The first-order valence-electron chi connectivity index (χ1n) is 14.2. The highest BCUT2D eigenvalue weighted by molar-refractivity contribution is 5.90. The summed E-state index contributed by atoms with van der Waals surface area (Å²) in [7, 11) is 0. The van der Waals surface area contributed by atoms with E-state index in [4.69, 9.17) is 9.47 Å². The molecule has 3 aromatic carbocycles. The van der Waals surface area contributed by atoms with Gasteiger partial charge in [-0.3, -0.25) is 19.7 Å². The predicted octanol–water partition coefficient (Wildman–Crippen LogP) is 5.21. The summed E-state index contributed by atoms with van der Waals surface area (Å²) < 4.78 is 10.7. The van der Waals surface area contributed by atoms with E-state index in [0.717, 1.165) is 22.1 Å². The fourth-order valence-electron chi connectivity index (χ4n) is 5.45. The van der Waals surface area contributed by atoms with Gasteiger partial charge in [-0.05, 0) is 84.3 Å². The van der Waals surface area contributed by atoms with Crippen molar-refractivity contribution in [3.05, 3.63) is 105 Å². The highest BCUT2D eigenvalue weighted by Crippen LogP contribution is 2.29. The Bertz CT molecular complexity index is 1720. The molecule has 1 aromatic heterocycles. The van der Waals surface area contributed by atoms with E-state index in [0.29, 0.717) is 34.3 Å². The zero-order valence-corrected chi connectivity index (χ0v) is 24.3. The summed E-state index contributed by atoms with van der Waals surface area (Å²) in [5, 5.41) is 10.4. The van der Waals surface area contributed by atoms with Crippen LogP contribution in [0.15, 0.2) is 71.7 Å². The molecular formula is C33H34N4O6. The third kappa shape index (κ3) is 6.86. The molecule has 10 nitrogen and oxygen atoms in total. The third-order valence-electron chi connectivity index (χ3n) is 7.51. The van der Waals surface area contributed by atoms with Crippen molar-refractivity contribution in [1.82, 2.24) is 10.3 Å². The maximum atomic E-state index is 14.2. The Hall–Kier alpha value is -5.12. The largest absolute Gasteiger partial charge is 0.466 e. The Morgan fingerprint density at radius 2 is 1.79 bits per heavy atom. The smallest absolute Gasteiger partial charge is 0.411 e. The van der Waals surface area contributed by atoms with Gasteiger partial charge in [-0.15, -0.1) is 0 Å². The number of amides is 2. The topological polar surface area (TPSA) is 139 Å². The summed E-state index contributed by atoms with van der Waals surface area (Å²) in [5.74, 6) is -0.859. The van der Waals surface area contributed by atoms with Gasteiger partial charge in [0.25, 0.3) is 5.56 Å². The first kappa shape index (κ1) is 29.4. The van der Waals surface area contributed by atoms with Crippen molar-refractivity contribution in [1.29, 1.82) is 0 Å². The van der Waals surface area contributed by atoms with Crippen LogP contribution in [0.1, 0.15) is 53.2 Å². The van der Waals surface area contributed by atoms with Crippen LogP contribution in [0.25, 0.3) is 10.8 Å². The lowest BCUT2D eigenvalue weighted by Gasteiger charge is -2.26. The number of hydrogen-bond donors (Lipinski definition) is 4. The van der Waals surface area contributed by atoms with Crippen molar-refractivity contribution in [2.24, 2.45) is 0 Å². The van der Waals surface area contributed by atoms with Gasteiger partial charge in [0.1, 0.15) is 6.04 Å². The lowest BCUT2D eigenvalue weighted by Crippen LogP contribution is -2.37. The molecule has 4 N–H and O–H groups in total. The molecule has 0 fully saturated rings. The van der Waals surface area contributed by atoms with E-state index in [2.05, 4.69) is 20.9 Å². The zero-order valence-electron chi connectivity index (χ0n) is 24.3. The molecule has 43 heavy (non-hydrogen) atoms. The van der Waals surface area contributed by atoms with Crippen molar-refractivity contribution >= 4 is 40.1 Å². The Morgan fingerprint density at radius 1 is 1.00 bits per heavy atom. The number of fused-ring (bicyclic) bond motifs is 10. The molecule has 2 aliphatic rings. The molecule has 0 saturated carbocycles. The number of H-pyrrole nitrogens is 1. The number of carbonyl (C=O) groups excluding carboxylic acids is 3. The van der Waals surface area contributed by atoms with Gasteiger partial charge < -0.3 is 25.1 Å². The standard InChI is InChI=1S/C33H34N4O6/c1-4-42-29(38)18-28-22-6-5-7-24(16-22)36-33(41)43-13-11-26-19(2)14-23(15-20(26)3)30(32(40)37-28)35-25-9-8-21-10-12-34-31(39)27(21)17-25/h5-10,12,14-17,28,30,35H,4,11,13,18H2,1-3H3,(H,34,39)(H,36,41)(H,37,40)/t28?,30-/m1/s1. The molecule has 3 heterocycles. The number of aromatic nitrogens is 1. The van der Waals surface area contributed by atoms with Gasteiger partial charge in [-0.2, -0.15) is 0 Å². The van der Waals surface area contributed by atoms with Gasteiger partial charge in [0.05, 0.1) is 25.7 Å². The summed E-state index contributed by atoms with van der Waals surface area (Å²) in [6.07, 6.45) is 1.38. The molecule has 4 bridgehead atoms. The molecule has 0 saturated heterocycles. The van der Waals surface area contributed by atoms with E-state index in [1.54, 1.807) is 43.5 Å². The summed E-state index contributed by atoms with van der Waals surface area (Å²) >= 11 is 0. The fourth-order valence-corrected chi connectivity index (χ4v) is 5.45. The van der Waals surface area contributed by atoms with Crippen LogP contribution in [0.5, 0.6) is 0 Å². The number of aryl methyl sites for hydroxylation is 2. The molecule has 10 heteroatoms. The predicted molar refractivity (Wildman–Crippen MR) is 164 cm³/mol. The summed E-state index contributed by atoms with van der Waals surface area (Å²) in [6, 6.07) is 16.3. The van der Waals surface area contributed by atoms with Gasteiger partial charge in [-0.1, -0.05) is 30.3 Å². The highest BCUT2D eigenvalue weighted by atomic mass is 16.5. The molecule has 0 aliphatic carbocycles. The highest BCUT2D eigenvalue weighted by Gasteiger charge is 2.27. The van der Waals surface area contributed by atoms with Crippen LogP contribution >= 0.6 is 0 Å². The number of ether oxygens (including phenoxy) is 2. The lowest BCUT2D eigenvalue weighted by molar-refractivity contribution is -0.143. The molecular weight excluding hydrogens is 548 g/mol. The second-order valence-corrected chi connectivity index (χ2v) is 10.5. The average Bonchev–Trinajstić information content (AvgIpc) is 2.97. The second-order valence-electron chi connectivity index (χ2n) is 10.5. The number of aromatic amines is 1. The quantitative estimate of drug-likeness (QED) is 0.237. The minimum atomic E-state index is -0.872. The van der Waals surface area contributed by atoms with Crippen LogP contribution < -0.4 is 21.5 Å². The van der Waals surface area contributed by atoms with Crippen molar-refractivity contribution in [2.75, 3.05) is 23.8 Å². The Balaban J connectivity index is 1.59. The van der Waals surface area contributed by atoms with Crippen LogP contribution in [0.2, 0.25) is 0 Å². The molecule has 2 aliphatic heterocycles. The minimum Gasteiger partial charge on any atom is -0.466 e. The Labute approximate surface area is 248 Å². The minimum absolute atomic E-state index is 0.122. The number of nitrogens with one attached hydrogen (secondary N) is 4. The van der Waals surface area contributed by atoms with Crippen molar-refractivity contribution in [3.63, 3.8) is 0 Å². The molecule has 1 unspecified atom stereocenters. The number of esters is 1. The second kappa shape index (κ2) is 12.8. The maximum Gasteiger partial charge on any atom is 0.411 e. The van der Waals surface area contributed by atoms with Crippen LogP contribution in [0, 0.1) is 13.8 Å². The van der Waals surface area contributed by atoms with Crippen LogP contribution in [0.3, 0.4) is 0 Å². The fraction of sp³-hybridized carbons (Fsp3) is 0.273. The summed E-state index contributed by atoms with van der Waals surface area (Å²) in [6.45, 7) is 5.99. The first-order valence-corrected chi connectivity index (χ1v) is 14.2. The molecule has 222 valence electrons. The molecule has 0 radical (unpaired) electrons. The van der Waals surface area contributed by atoms with E-state index in [1.807, 2.05) is 44.2 Å². The van der Waals surface area contributed by atoms with E-state index in [9.17, 15) is 19.2 Å². The van der Waals surface area contributed by atoms with Gasteiger partial charge in [0, 0.05) is 29.4 Å². The van der Waals surface area contributed by atoms with Crippen LogP contribution in [0.4, 0.5) is 16.2 Å². The van der Waals surface area contributed by atoms with Crippen molar-refractivity contribution in [2.45, 2.75) is 45.7 Å². The SMILES string of the molecule is CCOC(=O)CC1NC(=O)[C@H](Nc2ccc3cc[nH]c(=O)c3c2)c2cc(C)c(c(C)c2)CCOC(=O)Nc2cccc1c2. The number of benzene rings is 3. The molecule has 4 aromatic rings. The number of carbonyl (C=O) groups is 3. The van der Waals surface area contributed by atoms with Crippen LogP contribution in [-0.4, -0.2) is 36.2 Å². The van der Waals surface area contributed by atoms with Crippen LogP contribution in [-0.2, 0) is 25.5 Å². The maximum absolute atomic E-state index is 14.2. The first-order chi connectivity index (χ1) is 20.7. The molecule has 6 rings (SSSR count). The molecule has 2 amide bonds. The lowest BCUT2D eigenvalue weighted by atomic mass is 9.93. The van der Waals surface area contributed by atoms with Gasteiger partial charge in [0.15, 0.2) is 0 Å². The van der Waals surface area contributed by atoms with Gasteiger partial charge in [-0.25, -0.2) is 4.79 Å². The Morgan fingerprint density at radius 3 is 2.56 bits per heavy atom. The average molecular weight is 583 g/mol. The van der Waals surface area contributed by atoms with Gasteiger partial charge >= 0.3 is 12.1 Å². The van der Waals surface area contributed by atoms with Crippen molar-refractivity contribution in [3.8, 4) is 0 Å². The van der Waals surface area contributed by atoms with Gasteiger partial charge in [0.2, 0.25) is 5.91 Å². The zero-order chi connectivity index (χ0) is 30.5. The number of anilines is 2. The number of rotatable bonds is 5. The van der Waals surface area contributed by atoms with E-state index in [-0.39, 0.29) is 31.1 Å². The Kier molecular flexibility index (Phi) is 8.75. The number of hydrogen-bond acceptors (Lipinski definition) is 7. The van der Waals surface area contributed by atoms with E-state index < -0.39 is 24.1 Å². The van der Waals surface area contributed by atoms with Crippen molar-refractivity contribution < 1.29 is 23.9 Å². The molecule has 2 atom stereocenters. The normalized spacial score (nSPS) is 17.1. The number of pyridine rings is 1. The summed E-state index contributed by atoms with van der Waals surface area (Å²) in [5.41, 5.74) is 5.01. The third-order valence-corrected chi connectivity index (χ3v) is 7.51. The van der Waals surface area contributed by atoms with E-state index >= 15 is 0 Å². The van der Waals surface area contributed by atoms with E-state index in [1.165, 1.54) is 0 Å².